The Balaban J connectivity index is 1.98. The maximum absolute atomic E-state index is 12.3. The second-order valence-corrected chi connectivity index (χ2v) is 5.25. The van der Waals surface area contributed by atoms with Gasteiger partial charge in [-0.3, -0.25) is 4.79 Å². The Labute approximate surface area is 126 Å². The summed E-state index contributed by atoms with van der Waals surface area (Å²) < 4.78 is 5.37. The average Bonchev–Trinajstić information content (AvgIpc) is 2.99. The molecule has 116 valence electrons. The Bertz CT molecular complexity index is 457. The number of nitrogens with one attached hydrogen (secondary N) is 2. The number of benzene rings is 1. The van der Waals surface area contributed by atoms with Crippen molar-refractivity contribution in [1.82, 2.24) is 5.32 Å². The molecule has 5 heteroatoms. The lowest BCUT2D eigenvalue weighted by atomic mass is 10.0. The maximum atomic E-state index is 12.3. The molecule has 5 nitrogen and oxygen atoms in total. The summed E-state index contributed by atoms with van der Waals surface area (Å²) in [5.41, 5.74) is 2.01. The van der Waals surface area contributed by atoms with Gasteiger partial charge < -0.3 is 20.3 Å². The highest BCUT2D eigenvalue weighted by atomic mass is 16.5. The molecule has 1 aliphatic heterocycles. The Morgan fingerprint density at radius 1 is 1.24 bits per heavy atom. The number of hydrogen-bond donors (Lipinski definition) is 2. The summed E-state index contributed by atoms with van der Waals surface area (Å²) in [6, 6.07) is 8.10. The molecule has 2 unspecified atom stereocenters. The van der Waals surface area contributed by atoms with E-state index in [-0.39, 0.29) is 17.9 Å². The highest BCUT2D eigenvalue weighted by Crippen LogP contribution is 2.20. The second-order valence-electron chi connectivity index (χ2n) is 5.25. The molecule has 0 saturated carbocycles. The molecule has 2 atom stereocenters. The molecule has 1 aromatic carbocycles. The van der Waals surface area contributed by atoms with E-state index in [9.17, 15) is 4.79 Å². The van der Waals surface area contributed by atoms with Crippen molar-refractivity contribution in [2.24, 2.45) is 5.92 Å². The number of carbonyl (C=O) groups is 1. The Morgan fingerprint density at radius 3 is 2.48 bits per heavy atom. The van der Waals surface area contributed by atoms with Crippen LogP contribution in [-0.4, -0.2) is 45.3 Å². The quantitative estimate of drug-likeness (QED) is 0.838. The van der Waals surface area contributed by atoms with Crippen LogP contribution in [0.5, 0.6) is 0 Å². The molecule has 1 amide bonds. The summed E-state index contributed by atoms with van der Waals surface area (Å²) in [7, 11) is 1.86. The predicted octanol–water partition coefficient (Wildman–Crippen LogP) is 1.71. The molecule has 21 heavy (non-hydrogen) atoms. The van der Waals surface area contributed by atoms with Crippen LogP contribution in [0.2, 0.25) is 0 Å². The van der Waals surface area contributed by atoms with E-state index in [1.807, 2.05) is 31.3 Å². The molecule has 0 spiro atoms. The van der Waals surface area contributed by atoms with E-state index >= 15 is 0 Å². The average molecular weight is 291 g/mol. The molecule has 2 rings (SSSR count). The SMILES string of the molecule is CCN(CC)c1ccc(NC(=O)C2COCC2NC)cc1. The lowest BCUT2D eigenvalue weighted by Crippen LogP contribution is -2.39. The van der Waals surface area contributed by atoms with Crippen LogP contribution >= 0.6 is 0 Å². The van der Waals surface area contributed by atoms with Gasteiger partial charge in [0.2, 0.25) is 5.91 Å². The fraction of sp³-hybridized carbons (Fsp3) is 0.562. The number of rotatable bonds is 6. The first-order chi connectivity index (χ1) is 10.2. The zero-order valence-electron chi connectivity index (χ0n) is 13.1. The van der Waals surface area contributed by atoms with Gasteiger partial charge in [-0.15, -0.1) is 0 Å². The third kappa shape index (κ3) is 3.74. The van der Waals surface area contributed by atoms with E-state index in [0.29, 0.717) is 13.2 Å². The molecule has 2 N–H and O–H groups in total. The van der Waals surface area contributed by atoms with Crippen LogP contribution in [0.15, 0.2) is 24.3 Å². The highest BCUT2D eigenvalue weighted by molar-refractivity contribution is 5.93. The van der Waals surface area contributed by atoms with Crippen LogP contribution in [-0.2, 0) is 9.53 Å². The van der Waals surface area contributed by atoms with E-state index < -0.39 is 0 Å². The summed E-state index contributed by atoms with van der Waals surface area (Å²) in [6.45, 7) is 7.30. The summed E-state index contributed by atoms with van der Waals surface area (Å²) in [4.78, 5) is 14.5. The van der Waals surface area contributed by atoms with Gasteiger partial charge in [0.15, 0.2) is 0 Å². The number of hydrogen-bond acceptors (Lipinski definition) is 4. The molecule has 0 radical (unpaired) electrons. The number of carbonyl (C=O) groups excluding carboxylic acids is 1. The minimum Gasteiger partial charge on any atom is -0.379 e. The molecule has 1 fully saturated rings. The van der Waals surface area contributed by atoms with Gasteiger partial charge in [0.05, 0.1) is 19.1 Å². The standard InChI is InChI=1S/C16H25N3O2/c1-4-19(5-2)13-8-6-12(7-9-13)18-16(20)14-10-21-11-15(14)17-3/h6-9,14-15,17H,4-5,10-11H2,1-3H3,(H,18,20). The first-order valence-electron chi connectivity index (χ1n) is 7.60. The summed E-state index contributed by atoms with van der Waals surface area (Å²) in [5.74, 6) is -0.111. The van der Waals surface area contributed by atoms with Crippen LogP contribution in [0.25, 0.3) is 0 Å². The van der Waals surface area contributed by atoms with Crippen molar-refractivity contribution in [3.8, 4) is 0 Å². The zero-order valence-corrected chi connectivity index (χ0v) is 13.1. The van der Waals surface area contributed by atoms with Crippen molar-refractivity contribution in [3.05, 3.63) is 24.3 Å². The van der Waals surface area contributed by atoms with Gasteiger partial charge in [-0.2, -0.15) is 0 Å². The minimum absolute atomic E-state index is 0.0161. The van der Waals surface area contributed by atoms with E-state index in [2.05, 4.69) is 29.4 Å². The number of anilines is 2. The largest absolute Gasteiger partial charge is 0.379 e. The highest BCUT2D eigenvalue weighted by Gasteiger charge is 2.32. The summed E-state index contributed by atoms with van der Waals surface area (Å²) in [5, 5.41) is 6.10. The molecular weight excluding hydrogens is 266 g/mol. The number of amides is 1. The van der Waals surface area contributed by atoms with E-state index in [0.717, 1.165) is 18.8 Å². The Morgan fingerprint density at radius 2 is 1.90 bits per heavy atom. The fourth-order valence-electron chi connectivity index (χ4n) is 2.68. The molecular formula is C16H25N3O2. The van der Waals surface area contributed by atoms with Crippen molar-refractivity contribution in [2.75, 3.05) is 43.6 Å². The first-order valence-corrected chi connectivity index (χ1v) is 7.60. The predicted molar refractivity (Wildman–Crippen MR) is 85.8 cm³/mol. The Hall–Kier alpha value is -1.59. The van der Waals surface area contributed by atoms with Crippen molar-refractivity contribution in [2.45, 2.75) is 19.9 Å². The molecule has 0 aliphatic carbocycles. The van der Waals surface area contributed by atoms with Crippen LogP contribution < -0.4 is 15.5 Å². The van der Waals surface area contributed by atoms with Crippen molar-refractivity contribution >= 4 is 17.3 Å². The van der Waals surface area contributed by atoms with Gasteiger partial charge in [-0.05, 0) is 45.2 Å². The van der Waals surface area contributed by atoms with Crippen LogP contribution in [0, 0.1) is 5.92 Å². The van der Waals surface area contributed by atoms with Gasteiger partial charge in [-0.25, -0.2) is 0 Å². The van der Waals surface area contributed by atoms with Gasteiger partial charge >= 0.3 is 0 Å². The number of likely N-dealkylation sites (N-methyl/N-ethyl adjacent to an activating group) is 1. The maximum Gasteiger partial charge on any atom is 0.231 e. The molecule has 1 aliphatic rings. The van der Waals surface area contributed by atoms with Gasteiger partial charge in [0, 0.05) is 30.5 Å². The fourth-order valence-corrected chi connectivity index (χ4v) is 2.68. The molecule has 0 bridgehead atoms. The molecule has 0 aromatic heterocycles. The van der Waals surface area contributed by atoms with Gasteiger partial charge in [0.25, 0.3) is 0 Å². The lowest BCUT2D eigenvalue weighted by molar-refractivity contribution is -0.120. The topological polar surface area (TPSA) is 53.6 Å². The van der Waals surface area contributed by atoms with Crippen LogP contribution in [0.4, 0.5) is 11.4 Å². The van der Waals surface area contributed by atoms with Crippen molar-refractivity contribution in [1.29, 1.82) is 0 Å². The molecule has 1 heterocycles. The third-order valence-electron chi connectivity index (χ3n) is 4.05. The molecule has 1 aromatic rings. The molecule has 1 saturated heterocycles. The minimum atomic E-state index is -0.127. The second kappa shape index (κ2) is 7.43. The third-order valence-corrected chi connectivity index (χ3v) is 4.05. The first kappa shape index (κ1) is 15.8. The normalized spacial score (nSPS) is 21.3. The van der Waals surface area contributed by atoms with Gasteiger partial charge in [-0.1, -0.05) is 0 Å². The lowest BCUT2D eigenvalue weighted by Gasteiger charge is -2.21. The summed E-state index contributed by atoms with van der Waals surface area (Å²) in [6.07, 6.45) is 0. The number of nitrogens with zero attached hydrogens (tertiary/aromatic N) is 1. The Kier molecular flexibility index (Phi) is 5.59. The van der Waals surface area contributed by atoms with Crippen LogP contribution in [0.3, 0.4) is 0 Å². The van der Waals surface area contributed by atoms with Crippen molar-refractivity contribution in [3.63, 3.8) is 0 Å². The smallest absolute Gasteiger partial charge is 0.231 e. The summed E-state index contributed by atoms with van der Waals surface area (Å²) >= 11 is 0. The van der Waals surface area contributed by atoms with E-state index in [1.54, 1.807) is 0 Å². The zero-order chi connectivity index (χ0) is 15.2. The van der Waals surface area contributed by atoms with E-state index in [4.69, 9.17) is 4.74 Å². The van der Waals surface area contributed by atoms with Crippen LogP contribution in [0.1, 0.15) is 13.8 Å². The van der Waals surface area contributed by atoms with Crippen molar-refractivity contribution < 1.29 is 9.53 Å². The van der Waals surface area contributed by atoms with E-state index in [1.165, 1.54) is 5.69 Å². The van der Waals surface area contributed by atoms with Gasteiger partial charge in [0.1, 0.15) is 0 Å². The number of ether oxygens (including phenoxy) is 1. The monoisotopic (exact) mass is 291 g/mol.